The first-order valence-corrected chi connectivity index (χ1v) is 3.30. The van der Waals surface area contributed by atoms with E-state index >= 15 is 0 Å². The Morgan fingerprint density at radius 1 is 1.67 bits per heavy atom. The van der Waals surface area contributed by atoms with Crippen molar-refractivity contribution >= 4 is 0 Å². The molecular weight excluding hydrogens is 115 g/mol. The van der Waals surface area contributed by atoms with Crippen molar-refractivity contribution in [1.29, 1.82) is 0 Å². The van der Waals surface area contributed by atoms with Crippen molar-refractivity contribution in [3.05, 3.63) is 12.7 Å². The van der Waals surface area contributed by atoms with E-state index in [0.717, 1.165) is 0 Å². The highest BCUT2D eigenvalue weighted by Gasteiger charge is 2.25. The van der Waals surface area contributed by atoms with Gasteiger partial charge in [-0.25, -0.2) is 4.39 Å². The average molecular weight is 130 g/mol. The third kappa shape index (κ3) is 2.64. The van der Waals surface area contributed by atoms with Crippen molar-refractivity contribution in [3.63, 3.8) is 0 Å². The van der Waals surface area contributed by atoms with Crippen molar-refractivity contribution in [1.82, 2.24) is 0 Å². The molecule has 0 rings (SSSR count). The standard InChI is InChI=1S/C8H15F/c1-5-6-8(4,9)7(2)3/h5,7H,1,6H2,2-4H3. The minimum Gasteiger partial charge on any atom is -0.244 e. The molecule has 0 nitrogen and oxygen atoms in total. The molecule has 0 saturated carbocycles. The van der Waals surface area contributed by atoms with Gasteiger partial charge in [0.2, 0.25) is 0 Å². The van der Waals surface area contributed by atoms with E-state index in [0.29, 0.717) is 6.42 Å². The van der Waals surface area contributed by atoms with Crippen molar-refractivity contribution < 1.29 is 4.39 Å². The number of hydrogen-bond acceptors (Lipinski definition) is 0. The Hall–Kier alpha value is -0.330. The topological polar surface area (TPSA) is 0 Å². The zero-order valence-corrected chi connectivity index (χ0v) is 6.45. The molecule has 0 aliphatic carbocycles. The quantitative estimate of drug-likeness (QED) is 0.515. The van der Waals surface area contributed by atoms with Crippen LogP contribution in [0, 0.1) is 5.92 Å². The molecule has 0 spiro atoms. The monoisotopic (exact) mass is 130 g/mol. The highest BCUT2D eigenvalue weighted by Crippen LogP contribution is 2.25. The van der Waals surface area contributed by atoms with E-state index < -0.39 is 5.67 Å². The van der Waals surface area contributed by atoms with Gasteiger partial charge in [0.1, 0.15) is 5.67 Å². The second-order valence-corrected chi connectivity index (χ2v) is 2.93. The number of alkyl halides is 1. The third-order valence-corrected chi connectivity index (χ3v) is 1.75. The number of allylic oxidation sites excluding steroid dienone is 1. The summed E-state index contributed by atoms with van der Waals surface area (Å²) >= 11 is 0. The van der Waals surface area contributed by atoms with Gasteiger partial charge in [0.25, 0.3) is 0 Å². The second-order valence-electron chi connectivity index (χ2n) is 2.93. The molecule has 0 saturated heterocycles. The summed E-state index contributed by atoms with van der Waals surface area (Å²) < 4.78 is 13.1. The van der Waals surface area contributed by atoms with Gasteiger partial charge in [-0.3, -0.25) is 0 Å². The molecule has 0 fully saturated rings. The molecule has 54 valence electrons. The fourth-order valence-corrected chi connectivity index (χ4v) is 0.518. The molecule has 0 aromatic rings. The lowest BCUT2D eigenvalue weighted by Gasteiger charge is -2.22. The van der Waals surface area contributed by atoms with Crippen LogP contribution in [0.15, 0.2) is 12.7 Å². The van der Waals surface area contributed by atoms with Crippen molar-refractivity contribution in [3.8, 4) is 0 Å². The van der Waals surface area contributed by atoms with E-state index in [-0.39, 0.29) is 5.92 Å². The van der Waals surface area contributed by atoms with Crippen LogP contribution in [0.5, 0.6) is 0 Å². The van der Waals surface area contributed by atoms with Crippen LogP contribution in [0.25, 0.3) is 0 Å². The van der Waals surface area contributed by atoms with Crippen LogP contribution in [0.3, 0.4) is 0 Å². The van der Waals surface area contributed by atoms with Gasteiger partial charge < -0.3 is 0 Å². The molecule has 1 atom stereocenters. The summed E-state index contributed by atoms with van der Waals surface area (Å²) in [5.74, 6) is 0.0792. The van der Waals surface area contributed by atoms with Crippen LogP contribution in [-0.2, 0) is 0 Å². The third-order valence-electron chi connectivity index (χ3n) is 1.75. The van der Waals surface area contributed by atoms with Gasteiger partial charge >= 0.3 is 0 Å². The van der Waals surface area contributed by atoms with E-state index in [1.54, 1.807) is 13.0 Å². The van der Waals surface area contributed by atoms with Gasteiger partial charge in [0.15, 0.2) is 0 Å². The lowest BCUT2D eigenvalue weighted by molar-refractivity contribution is 0.127. The predicted molar refractivity (Wildman–Crippen MR) is 39.2 cm³/mol. The Morgan fingerprint density at radius 2 is 2.11 bits per heavy atom. The zero-order chi connectivity index (χ0) is 7.49. The Bertz CT molecular complexity index is 92.7. The first kappa shape index (κ1) is 8.67. The SMILES string of the molecule is C=CCC(C)(F)C(C)C. The maximum absolute atomic E-state index is 13.1. The Kier molecular flexibility index (Phi) is 2.89. The van der Waals surface area contributed by atoms with Crippen LogP contribution < -0.4 is 0 Å². The van der Waals surface area contributed by atoms with Gasteiger partial charge in [-0.05, 0) is 19.3 Å². The first-order valence-electron chi connectivity index (χ1n) is 3.30. The van der Waals surface area contributed by atoms with E-state index in [9.17, 15) is 4.39 Å². The highest BCUT2D eigenvalue weighted by molar-refractivity contribution is 4.85. The van der Waals surface area contributed by atoms with Gasteiger partial charge in [-0.2, -0.15) is 0 Å². The second kappa shape index (κ2) is 3.00. The lowest BCUT2D eigenvalue weighted by Crippen LogP contribution is -2.24. The zero-order valence-electron chi connectivity index (χ0n) is 6.45. The molecule has 0 aromatic heterocycles. The number of hydrogen-bond donors (Lipinski definition) is 0. The summed E-state index contributed by atoms with van der Waals surface area (Å²) in [6.07, 6.45) is 2.07. The van der Waals surface area contributed by atoms with Crippen molar-refractivity contribution in [2.24, 2.45) is 5.92 Å². The molecular formula is C8H15F. The van der Waals surface area contributed by atoms with Gasteiger partial charge in [0.05, 0.1) is 0 Å². The summed E-state index contributed by atoms with van der Waals surface area (Å²) in [7, 11) is 0. The van der Waals surface area contributed by atoms with E-state index in [2.05, 4.69) is 6.58 Å². The van der Waals surface area contributed by atoms with E-state index in [1.807, 2.05) is 13.8 Å². The number of halogens is 1. The fraction of sp³-hybridized carbons (Fsp3) is 0.750. The molecule has 0 N–H and O–H groups in total. The Balaban J connectivity index is 3.84. The molecule has 9 heavy (non-hydrogen) atoms. The maximum atomic E-state index is 13.1. The maximum Gasteiger partial charge on any atom is 0.114 e. The fourth-order valence-electron chi connectivity index (χ4n) is 0.518. The summed E-state index contributed by atoms with van der Waals surface area (Å²) in [5, 5.41) is 0. The van der Waals surface area contributed by atoms with Crippen LogP contribution in [0.4, 0.5) is 4.39 Å². The lowest BCUT2D eigenvalue weighted by atomic mass is 9.91. The predicted octanol–water partition coefficient (Wildman–Crippen LogP) is 2.95. The summed E-state index contributed by atoms with van der Waals surface area (Å²) in [6.45, 7) is 8.86. The van der Waals surface area contributed by atoms with E-state index in [1.165, 1.54) is 0 Å². The molecule has 0 bridgehead atoms. The minimum atomic E-state index is -1.07. The molecule has 0 radical (unpaired) electrons. The molecule has 1 unspecified atom stereocenters. The van der Waals surface area contributed by atoms with Crippen LogP contribution in [-0.4, -0.2) is 5.67 Å². The number of rotatable bonds is 3. The Morgan fingerprint density at radius 3 is 2.22 bits per heavy atom. The highest BCUT2D eigenvalue weighted by atomic mass is 19.1. The van der Waals surface area contributed by atoms with Gasteiger partial charge in [-0.15, -0.1) is 6.58 Å². The van der Waals surface area contributed by atoms with Crippen LogP contribution in [0.1, 0.15) is 27.2 Å². The summed E-state index contributed by atoms with van der Waals surface area (Å²) in [4.78, 5) is 0. The summed E-state index contributed by atoms with van der Waals surface area (Å²) in [6, 6.07) is 0. The smallest absolute Gasteiger partial charge is 0.114 e. The van der Waals surface area contributed by atoms with E-state index in [4.69, 9.17) is 0 Å². The average Bonchev–Trinajstić information content (AvgIpc) is 1.65. The van der Waals surface area contributed by atoms with Crippen molar-refractivity contribution in [2.75, 3.05) is 0 Å². The van der Waals surface area contributed by atoms with Gasteiger partial charge in [-0.1, -0.05) is 19.9 Å². The largest absolute Gasteiger partial charge is 0.244 e. The Labute approximate surface area is 56.8 Å². The molecule has 0 aliphatic rings. The molecule has 0 aromatic carbocycles. The molecule has 0 amide bonds. The first-order chi connectivity index (χ1) is 4.00. The van der Waals surface area contributed by atoms with Crippen LogP contribution in [0.2, 0.25) is 0 Å². The van der Waals surface area contributed by atoms with Crippen LogP contribution >= 0.6 is 0 Å². The van der Waals surface area contributed by atoms with Crippen molar-refractivity contribution in [2.45, 2.75) is 32.9 Å². The summed E-state index contributed by atoms with van der Waals surface area (Å²) in [5.41, 5.74) is -1.07. The molecule has 0 heterocycles. The minimum absolute atomic E-state index is 0.0792. The van der Waals surface area contributed by atoms with Gasteiger partial charge in [0, 0.05) is 0 Å². The normalized spacial score (nSPS) is 17.4. The molecule has 0 aliphatic heterocycles. The molecule has 1 heteroatoms.